The third-order valence-corrected chi connectivity index (χ3v) is 12.7. The molecule has 0 spiro atoms. The van der Waals surface area contributed by atoms with Gasteiger partial charge < -0.3 is 20.1 Å². The van der Waals surface area contributed by atoms with Crippen LogP contribution < -0.4 is 15.5 Å². The summed E-state index contributed by atoms with van der Waals surface area (Å²) in [4.78, 5) is 63.5. The van der Waals surface area contributed by atoms with Crippen molar-refractivity contribution >= 4 is 40.2 Å². The van der Waals surface area contributed by atoms with Gasteiger partial charge in [-0.2, -0.15) is 5.10 Å². The fourth-order valence-electron chi connectivity index (χ4n) is 9.09. The molecule has 16 heteroatoms. The number of piperidine rings is 2. The van der Waals surface area contributed by atoms with Crippen molar-refractivity contribution in [3.8, 4) is 11.4 Å². The van der Waals surface area contributed by atoms with Gasteiger partial charge in [0.1, 0.15) is 23.2 Å². The number of rotatable bonds is 7. The minimum atomic E-state index is -2.70. The van der Waals surface area contributed by atoms with Gasteiger partial charge in [0.2, 0.25) is 11.8 Å². The number of amides is 4. The van der Waals surface area contributed by atoms with Gasteiger partial charge in [-0.3, -0.25) is 34.5 Å². The number of fused-ring (bicyclic) bond motifs is 3. The number of carbonyl (C=O) groups excluding carboxylic acids is 4. The van der Waals surface area contributed by atoms with Crippen molar-refractivity contribution in [2.24, 2.45) is 17.3 Å². The number of benzene rings is 1. The number of nitrogens with one attached hydrogen (secondary N) is 4. The summed E-state index contributed by atoms with van der Waals surface area (Å²) in [5, 5.41) is 12.9. The topological polar surface area (TPSA) is 159 Å². The van der Waals surface area contributed by atoms with Crippen LogP contribution in [0.3, 0.4) is 0 Å². The number of pyridine rings is 1. The number of halogens is 3. The number of aromatic nitrogens is 4. The Hall–Kier alpha value is -5.25. The van der Waals surface area contributed by atoms with Gasteiger partial charge in [0.15, 0.2) is 0 Å². The maximum atomic E-state index is 15.4. The minimum absolute atomic E-state index is 0.00312. The first-order valence-corrected chi connectivity index (χ1v) is 19.0. The molecule has 3 aliphatic heterocycles. The first-order chi connectivity index (χ1) is 26.4. The second-order valence-corrected chi connectivity index (χ2v) is 16.0. The Morgan fingerprint density at radius 2 is 1.80 bits per heavy atom. The standard InChI is InChI=1S/C39H42F3N9O4/c1-38-18-31-25(17-32(38)39(38,41)42)34(48-47-31)30-15-22-14-26(40)24(16-29(22)44-30)37(55)51-12-10-49(11-13-51)20-21-6-8-50(9-7-21)23-2-3-27(43-19-23)35(53)45-28-4-5-33(52)46-36(28)54/h2-3,14-16,19,21,28,32,44H,4-13,17-18,20H2,1H3,(H,45,53)(H,47,48)(H,46,52,54)/t28-,32-,38+/m0/s1. The summed E-state index contributed by atoms with van der Waals surface area (Å²) < 4.78 is 44.4. The monoisotopic (exact) mass is 757 g/mol. The molecule has 3 saturated heterocycles. The van der Waals surface area contributed by atoms with Gasteiger partial charge in [-0.25, -0.2) is 18.2 Å². The number of piperazine rings is 1. The van der Waals surface area contributed by atoms with Crippen molar-refractivity contribution in [1.29, 1.82) is 0 Å². The van der Waals surface area contributed by atoms with E-state index in [1.807, 2.05) is 6.07 Å². The van der Waals surface area contributed by atoms with E-state index in [-0.39, 0.29) is 48.8 Å². The zero-order chi connectivity index (χ0) is 38.2. The maximum Gasteiger partial charge on any atom is 0.270 e. The number of aromatic amines is 2. The molecule has 3 atom stereocenters. The molecule has 55 heavy (non-hydrogen) atoms. The summed E-state index contributed by atoms with van der Waals surface area (Å²) in [6.07, 6.45) is 4.54. The molecule has 4 aromatic rings. The van der Waals surface area contributed by atoms with E-state index < -0.39 is 40.9 Å². The molecular formula is C39H42F3N9O4. The van der Waals surface area contributed by atoms with E-state index in [2.05, 4.69) is 40.6 Å². The van der Waals surface area contributed by atoms with Gasteiger partial charge in [-0.1, -0.05) is 6.92 Å². The molecule has 13 nitrogen and oxygen atoms in total. The van der Waals surface area contributed by atoms with Crippen LogP contribution in [0, 0.1) is 23.1 Å². The molecule has 3 aromatic heterocycles. The Balaban J connectivity index is 0.759. The van der Waals surface area contributed by atoms with E-state index in [1.54, 1.807) is 36.2 Å². The first-order valence-electron chi connectivity index (χ1n) is 19.0. The molecule has 1 aromatic carbocycles. The summed E-state index contributed by atoms with van der Waals surface area (Å²) in [7, 11) is 0. The van der Waals surface area contributed by atoms with Crippen molar-refractivity contribution in [3.05, 3.63) is 64.9 Å². The lowest BCUT2D eigenvalue weighted by molar-refractivity contribution is -0.134. The van der Waals surface area contributed by atoms with E-state index >= 15 is 4.39 Å². The molecule has 2 aliphatic carbocycles. The molecule has 288 valence electrons. The van der Waals surface area contributed by atoms with E-state index in [9.17, 15) is 28.0 Å². The summed E-state index contributed by atoms with van der Waals surface area (Å²) in [5.41, 5.74) is 3.32. The molecule has 5 aliphatic rings. The minimum Gasteiger partial charge on any atom is -0.370 e. The van der Waals surface area contributed by atoms with Crippen molar-refractivity contribution in [2.45, 2.75) is 57.4 Å². The molecule has 4 fully saturated rings. The Morgan fingerprint density at radius 3 is 2.53 bits per heavy atom. The van der Waals surface area contributed by atoms with Crippen molar-refractivity contribution in [2.75, 3.05) is 50.7 Å². The van der Waals surface area contributed by atoms with Crippen LogP contribution in [0.1, 0.15) is 64.7 Å². The van der Waals surface area contributed by atoms with Crippen LogP contribution in [-0.4, -0.2) is 111 Å². The summed E-state index contributed by atoms with van der Waals surface area (Å²) in [6, 6.07) is 7.39. The lowest BCUT2D eigenvalue weighted by Crippen LogP contribution is -2.52. The molecule has 4 N–H and O–H groups in total. The number of anilines is 1. The van der Waals surface area contributed by atoms with E-state index in [4.69, 9.17) is 0 Å². The van der Waals surface area contributed by atoms with E-state index in [0.717, 1.165) is 49.4 Å². The Kier molecular flexibility index (Phi) is 8.51. The van der Waals surface area contributed by atoms with Crippen molar-refractivity contribution in [3.63, 3.8) is 0 Å². The number of carbonyl (C=O) groups is 4. The fraction of sp³-hybridized carbons (Fsp3) is 0.487. The van der Waals surface area contributed by atoms with Gasteiger partial charge in [-0.15, -0.1) is 0 Å². The number of hydrogen-bond acceptors (Lipinski definition) is 8. The lowest BCUT2D eigenvalue weighted by atomic mass is 9.87. The molecule has 4 amide bonds. The van der Waals surface area contributed by atoms with Crippen LogP contribution in [0.4, 0.5) is 18.9 Å². The van der Waals surface area contributed by atoms with Crippen LogP contribution in [0.5, 0.6) is 0 Å². The highest BCUT2D eigenvalue weighted by Crippen LogP contribution is 2.70. The molecular weight excluding hydrogens is 715 g/mol. The van der Waals surface area contributed by atoms with Crippen LogP contribution in [0.25, 0.3) is 22.3 Å². The molecule has 1 saturated carbocycles. The quantitative estimate of drug-likeness (QED) is 0.208. The Morgan fingerprint density at radius 1 is 1.02 bits per heavy atom. The number of imide groups is 1. The summed E-state index contributed by atoms with van der Waals surface area (Å²) in [6.45, 7) is 6.58. The normalized spacial score (nSPS) is 25.4. The van der Waals surface area contributed by atoms with Crippen LogP contribution in [0.15, 0.2) is 36.5 Å². The second-order valence-electron chi connectivity index (χ2n) is 16.0. The zero-order valence-electron chi connectivity index (χ0n) is 30.4. The highest BCUT2D eigenvalue weighted by atomic mass is 19.3. The highest BCUT2D eigenvalue weighted by molar-refractivity contribution is 6.03. The maximum absolute atomic E-state index is 15.4. The van der Waals surface area contributed by atoms with Crippen LogP contribution in [-0.2, 0) is 22.4 Å². The highest BCUT2D eigenvalue weighted by Gasteiger charge is 2.78. The SMILES string of the molecule is C[C@@]12Cc3[nH]nc(-c4cc5cc(F)c(C(=O)N6CCN(CC7CCN(c8ccc(C(=O)N[C@H]9CCC(=O)NC9=O)nc8)CC7)CC6)cc5[nH]4)c3C[C@@H]1C2(F)F. The molecule has 0 unspecified atom stereocenters. The zero-order valence-corrected chi connectivity index (χ0v) is 30.4. The predicted molar refractivity (Wildman–Crippen MR) is 195 cm³/mol. The number of hydrogen-bond donors (Lipinski definition) is 4. The Bertz CT molecular complexity index is 2200. The molecule has 0 radical (unpaired) electrons. The molecule has 0 bridgehead atoms. The van der Waals surface area contributed by atoms with Crippen LogP contribution in [0.2, 0.25) is 0 Å². The van der Waals surface area contributed by atoms with Gasteiger partial charge in [0, 0.05) is 92.1 Å². The molecule has 6 heterocycles. The largest absolute Gasteiger partial charge is 0.370 e. The van der Waals surface area contributed by atoms with E-state index in [0.29, 0.717) is 54.4 Å². The fourth-order valence-corrected chi connectivity index (χ4v) is 9.09. The van der Waals surface area contributed by atoms with E-state index in [1.165, 1.54) is 6.07 Å². The van der Waals surface area contributed by atoms with Crippen LogP contribution >= 0.6 is 0 Å². The third-order valence-electron chi connectivity index (χ3n) is 12.7. The average molecular weight is 758 g/mol. The first kappa shape index (κ1) is 35.5. The number of H-pyrrole nitrogens is 2. The lowest BCUT2D eigenvalue weighted by Gasteiger charge is -2.39. The molecule has 9 rings (SSSR count). The van der Waals surface area contributed by atoms with Crippen molar-refractivity contribution in [1.82, 2.24) is 40.6 Å². The summed E-state index contributed by atoms with van der Waals surface area (Å²) in [5.74, 6) is -5.20. The number of alkyl halides is 2. The Labute approximate surface area is 314 Å². The summed E-state index contributed by atoms with van der Waals surface area (Å²) >= 11 is 0. The van der Waals surface area contributed by atoms with Gasteiger partial charge >= 0.3 is 0 Å². The average Bonchev–Trinajstić information content (AvgIpc) is 3.54. The smallest absolute Gasteiger partial charge is 0.270 e. The van der Waals surface area contributed by atoms with Gasteiger partial charge in [0.25, 0.3) is 17.7 Å². The third kappa shape index (κ3) is 6.23. The predicted octanol–water partition coefficient (Wildman–Crippen LogP) is 3.67. The number of nitrogens with zero attached hydrogens (tertiary/aromatic N) is 5. The van der Waals surface area contributed by atoms with Gasteiger partial charge in [-0.05, 0) is 61.9 Å². The van der Waals surface area contributed by atoms with Gasteiger partial charge in [0.05, 0.1) is 23.1 Å². The van der Waals surface area contributed by atoms with Crippen molar-refractivity contribution < 1.29 is 32.3 Å². The second kappa shape index (κ2) is 13.2.